The molecule has 0 heterocycles. The van der Waals surface area contributed by atoms with Crippen molar-refractivity contribution in [2.45, 2.75) is 13.8 Å². The number of hydrogen-bond acceptors (Lipinski definition) is 2. The van der Waals surface area contributed by atoms with Crippen LogP contribution in [0.2, 0.25) is 0 Å². The van der Waals surface area contributed by atoms with E-state index in [-0.39, 0.29) is 17.6 Å². The Kier molecular flexibility index (Phi) is 3.66. The van der Waals surface area contributed by atoms with Crippen molar-refractivity contribution in [2.75, 3.05) is 11.9 Å². The quantitative estimate of drug-likeness (QED) is 0.794. The van der Waals surface area contributed by atoms with Gasteiger partial charge in [-0.25, -0.2) is 4.39 Å². The predicted octanol–water partition coefficient (Wildman–Crippen LogP) is 1.67. The number of primary amides is 1. The number of nitrogens with two attached hydrogens (primary N) is 1. The normalized spacial score (nSPS) is 12.2. The average molecular weight is 210 g/mol. The molecular weight excluding hydrogens is 195 g/mol. The summed E-state index contributed by atoms with van der Waals surface area (Å²) in [5.74, 6) is -0.931. The molecule has 0 aliphatic rings. The molecular formula is C11H15FN2O. The van der Waals surface area contributed by atoms with Crippen molar-refractivity contribution in [1.29, 1.82) is 0 Å². The van der Waals surface area contributed by atoms with Gasteiger partial charge in [0.25, 0.3) is 0 Å². The lowest BCUT2D eigenvalue weighted by Crippen LogP contribution is -2.26. The Hall–Kier alpha value is -1.58. The van der Waals surface area contributed by atoms with E-state index >= 15 is 0 Å². The van der Waals surface area contributed by atoms with Crippen LogP contribution in [0.15, 0.2) is 18.2 Å². The monoisotopic (exact) mass is 210 g/mol. The van der Waals surface area contributed by atoms with Crippen molar-refractivity contribution in [3.63, 3.8) is 0 Å². The summed E-state index contributed by atoms with van der Waals surface area (Å²) in [6, 6.07) is 4.49. The molecule has 1 aromatic carbocycles. The molecule has 82 valence electrons. The van der Waals surface area contributed by atoms with Gasteiger partial charge in [0.2, 0.25) is 5.91 Å². The molecule has 0 saturated carbocycles. The van der Waals surface area contributed by atoms with Crippen LogP contribution in [-0.2, 0) is 4.79 Å². The Labute approximate surface area is 88.5 Å². The van der Waals surface area contributed by atoms with Gasteiger partial charge in [-0.1, -0.05) is 13.0 Å². The van der Waals surface area contributed by atoms with E-state index in [4.69, 9.17) is 5.73 Å². The minimum absolute atomic E-state index is 0.271. The Morgan fingerprint density at radius 3 is 2.87 bits per heavy atom. The first-order valence-corrected chi connectivity index (χ1v) is 4.80. The van der Waals surface area contributed by atoms with E-state index in [2.05, 4.69) is 5.32 Å². The lowest BCUT2D eigenvalue weighted by molar-refractivity contribution is -0.120. The number of benzene rings is 1. The summed E-state index contributed by atoms with van der Waals surface area (Å²) in [5, 5.41) is 2.99. The van der Waals surface area contributed by atoms with Crippen LogP contribution in [0, 0.1) is 18.7 Å². The van der Waals surface area contributed by atoms with Gasteiger partial charge in [0.1, 0.15) is 5.82 Å². The topological polar surface area (TPSA) is 55.1 Å². The fraction of sp³-hybridized carbons (Fsp3) is 0.364. The summed E-state index contributed by atoms with van der Waals surface area (Å²) in [4.78, 5) is 10.8. The SMILES string of the molecule is Cc1ccc(F)cc1NCC(C)C(N)=O. The third-order valence-electron chi connectivity index (χ3n) is 2.28. The molecule has 1 atom stereocenters. The second kappa shape index (κ2) is 4.77. The maximum Gasteiger partial charge on any atom is 0.222 e. The van der Waals surface area contributed by atoms with E-state index in [1.807, 2.05) is 6.92 Å². The molecule has 0 spiro atoms. The Balaban J connectivity index is 2.65. The highest BCUT2D eigenvalue weighted by Crippen LogP contribution is 2.16. The number of carbonyl (C=O) groups is 1. The van der Waals surface area contributed by atoms with Crippen LogP contribution in [0.4, 0.5) is 10.1 Å². The first-order chi connectivity index (χ1) is 7.00. The Morgan fingerprint density at radius 2 is 2.27 bits per heavy atom. The number of nitrogens with one attached hydrogen (secondary N) is 1. The van der Waals surface area contributed by atoms with E-state index in [1.165, 1.54) is 12.1 Å². The highest BCUT2D eigenvalue weighted by atomic mass is 19.1. The van der Waals surface area contributed by atoms with Crippen LogP contribution >= 0.6 is 0 Å². The molecule has 1 amide bonds. The number of anilines is 1. The van der Waals surface area contributed by atoms with E-state index in [1.54, 1.807) is 13.0 Å². The highest BCUT2D eigenvalue weighted by Gasteiger charge is 2.08. The van der Waals surface area contributed by atoms with Gasteiger partial charge >= 0.3 is 0 Å². The van der Waals surface area contributed by atoms with Crippen LogP contribution in [0.25, 0.3) is 0 Å². The summed E-state index contributed by atoms with van der Waals surface area (Å²) in [7, 11) is 0. The lowest BCUT2D eigenvalue weighted by atomic mass is 10.1. The summed E-state index contributed by atoms with van der Waals surface area (Å²) in [6.45, 7) is 4.01. The summed E-state index contributed by atoms with van der Waals surface area (Å²) in [5.41, 5.74) is 6.75. The highest BCUT2D eigenvalue weighted by molar-refractivity contribution is 5.76. The molecule has 0 radical (unpaired) electrons. The van der Waals surface area contributed by atoms with E-state index in [9.17, 15) is 9.18 Å². The van der Waals surface area contributed by atoms with Crippen molar-refractivity contribution in [1.82, 2.24) is 0 Å². The fourth-order valence-corrected chi connectivity index (χ4v) is 1.15. The largest absolute Gasteiger partial charge is 0.384 e. The average Bonchev–Trinajstić information content (AvgIpc) is 2.18. The van der Waals surface area contributed by atoms with Crippen LogP contribution < -0.4 is 11.1 Å². The van der Waals surface area contributed by atoms with Crippen LogP contribution in [0.5, 0.6) is 0 Å². The summed E-state index contributed by atoms with van der Waals surface area (Å²) < 4.78 is 12.9. The van der Waals surface area contributed by atoms with Crippen LogP contribution in [-0.4, -0.2) is 12.5 Å². The van der Waals surface area contributed by atoms with Crippen molar-refractivity contribution in [3.05, 3.63) is 29.6 Å². The van der Waals surface area contributed by atoms with Gasteiger partial charge in [-0.15, -0.1) is 0 Å². The predicted molar refractivity (Wildman–Crippen MR) is 58.0 cm³/mol. The third kappa shape index (κ3) is 3.23. The van der Waals surface area contributed by atoms with E-state index < -0.39 is 0 Å². The second-order valence-corrected chi connectivity index (χ2v) is 3.64. The van der Waals surface area contributed by atoms with Gasteiger partial charge in [0.05, 0.1) is 5.92 Å². The molecule has 4 heteroatoms. The standard InChI is InChI=1S/C11H15FN2O/c1-7-3-4-9(12)5-10(7)14-6-8(2)11(13)15/h3-5,8,14H,6H2,1-2H3,(H2,13,15). The molecule has 15 heavy (non-hydrogen) atoms. The van der Waals surface area contributed by atoms with Crippen molar-refractivity contribution < 1.29 is 9.18 Å². The van der Waals surface area contributed by atoms with Crippen molar-refractivity contribution in [3.8, 4) is 0 Å². The van der Waals surface area contributed by atoms with Crippen molar-refractivity contribution in [2.24, 2.45) is 11.7 Å². The number of carbonyl (C=O) groups excluding carboxylic acids is 1. The summed E-state index contributed by atoms with van der Waals surface area (Å²) >= 11 is 0. The number of aryl methyl sites for hydroxylation is 1. The minimum atomic E-state index is -0.364. The molecule has 0 aromatic heterocycles. The molecule has 1 rings (SSSR count). The zero-order valence-electron chi connectivity index (χ0n) is 8.88. The minimum Gasteiger partial charge on any atom is -0.384 e. The molecule has 0 saturated heterocycles. The number of amides is 1. The smallest absolute Gasteiger partial charge is 0.222 e. The molecule has 0 aliphatic heterocycles. The molecule has 1 unspecified atom stereocenters. The lowest BCUT2D eigenvalue weighted by Gasteiger charge is -2.12. The number of rotatable bonds is 4. The zero-order valence-corrected chi connectivity index (χ0v) is 8.88. The summed E-state index contributed by atoms with van der Waals surface area (Å²) in [6.07, 6.45) is 0. The van der Waals surface area contributed by atoms with Gasteiger partial charge in [-0.3, -0.25) is 4.79 Å². The third-order valence-corrected chi connectivity index (χ3v) is 2.28. The molecule has 3 nitrogen and oxygen atoms in total. The maximum atomic E-state index is 12.9. The van der Waals surface area contributed by atoms with E-state index in [0.29, 0.717) is 12.2 Å². The van der Waals surface area contributed by atoms with Gasteiger partial charge in [-0.2, -0.15) is 0 Å². The van der Waals surface area contributed by atoms with Gasteiger partial charge in [-0.05, 0) is 24.6 Å². The number of hydrogen-bond donors (Lipinski definition) is 2. The van der Waals surface area contributed by atoms with Gasteiger partial charge < -0.3 is 11.1 Å². The molecule has 0 bridgehead atoms. The van der Waals surface area contributed by atoms with Crippen LogP contribution in [0.1, 0.15) is 12.5 Å². The molecule has 0 fully saturated rings. The second-order valence-electron chi connectivity index (χ2n) is 3.64. The fourth-order valence-electron chi connectivity index (χ4n) is 1.15. The first-order valence-electron chi connectivity index (χ1n) is 4.80. The maximum absolute atomic E-state index is 12.9. The van der Waals surface area contributed by atoms with E-state index in [0.717, 1.165) is 5.56 Å². The Morgan fingerprint density at radius 1 is 1.60 bits per heavy atom. The molecule has 3 N–H and O–H groups in total. The number of halogens is 1. The zero-order chi connectivity index (χ0) is 11.4. The Bertz CT molecular complexity index is 366. The molecule has 1 aromatic rings. The first kappa shape index (κ1) is 11.5. The van der Waals surface area contributed by atoms with Gasteiger partial charge in [0.15, 0.2) is 0 Å². The molecule has 0 aliphatic carbocycles. The van der Waals surface area contributed by atoms with Crippen molar-refractivity contribution >= 4 is 11.6 Å². The van der Waals surface area contributed by atoms with Crippen LogP contribution in [0.3, 0.4) is 0 Å². The van der Waals surface area contributed by atoms with Gasteiger partial charge in [0, 0.05) is 12.2 Å².